The Morgan fingerprint density at radius 1 is 1.22 bits per heavy atom. The summed E-state index contributed by atoms with van der Waals surface area (Å²) in [4.78, 5) is 29.5. The summed E-state index contributed by atoms with van der Waals surface area (Å²) >= 11 is 0. The van der Waals surface area contributed by atoms with Gasteiger partial charge in [-0.1, -0.05) is 12.1 Å². The largest absolute Gasteiger partial charge is 0.482 e. The lowest BCUT2D eigenvalue weighted by atomic mass is 10.1. The Bertz CT molecular complexity index is 985. The van der Waals surface area contributed by atoms with Gasteiger partial charge in [0.1, 0.15) is 18.4 Å². The molecule has 0 atom stereocenters. The monoisotopic (exact) mass is 365 g/mol. The number of nitrogens with zero attached hydrogens (tertiary/aromatic N) is 4. The maximum absolute atomic E-state index is 12.4. The Labute approximate surface area is 153 Å². The summed E-state index contributed by atoms with van der Waals surface area (Å²) in [6, 6.07) is 12.2. The second-order valence-corrected chi connectivity index (χ2v) is 5.90. The number of aromatic nitrogens is 3. The van der Waals surface area contributed by atoms with Gasteiger partial charge in [-0.25, -0.2) is 15.1 Å². The van der Waals surface area contributed by atoms with Crippen molar-refractivity contribution >= 4 is 17.5 Å². The van der Waals surface area contributed by atoms with Gasteiger partial charge in [-0.3, -0.25) is 14.8 Å². The van der Waals surface area contributed by atoms with E-state index in [9.17, 15) is 9.59 Å². The third-order valence-electron chi connectivity index (χ3n) is 4.23. The number of anilines is 1. The highest BCUT2D eigenvalue weighted by atomic mass is 16.5. The lowest BCUT2D eigenvalue weighted by molar-refractivity contribution is -0.121. The molecular formula is C18H15N5O4. The molecule has 9 nitrogen and oxygen atoms in total. The molecule has 0 unspecified atom stereocenters. The third-order valence-corrected chi connectivity index (χ3v) is 4.23. The Hall–Kier alpha value is -3.72. The molecule has 2 aromatic carbocycles. The number of hydroxylamine groups is 1. The van der Waals surface area contributed by atoms with Crippen molar-refractivity contribution in [2.45, 2.75) is 6.54 Å². The van der Waals surface area contributed by atoms with Gasteiger partial charge in [-0.05, 0) is 35.9 Å². The van der Waals surface area contributed by atoms with E-state index in [1.807, 2.05) is 24.3 Å². The first-order valence-electron chi connectivity index (χ1n) is 8.11. The molecule has 0 aliphatic carbocycles. The van der Waals surface area contributed by atoms with Crippen LogP contribution in [0.25, 0.3) is 5.69 Å². The van der Waals surface area contributed by atoms with Crippen molar-refractivity contribution < 1.29 is 19.5 Å². The minimum atomic E-state index is -0.659. The lowest BCUT2D eigenvalue weighted by Gasteiger charge is -2.29. The highest BCUT2D eigenvalue weighted by molar-refractivity contribution is 6.01. The molecule has 3 aromatic rings. The number of nitrogens with one attached hydrogen (secondary N) is 1. The number of carbonyl (C=O) groups is 2. The number of fused-ring (bicyclic) bond motifs is 1. The minimum Gasteiger partial charge on any atom is -0.482 e. The molecule has 0 spiro atoms. The maximum atomic E-state index is 12.4. The van der Waals surface area contributed by atoms with Crippen molar-refractivity contribution in [3.63, 3.8) is 0 Å². The summed E-state index contributed by atoms with van der Waals surface area (Å²) in [5.41, 5.74) is 4.04. The number of benzene rings is 2. The molecule has 2 N–H and O–H groups in total. The molecule has 2 heterocycles. The maximum Gasteiger partial charge on any atom is 0.274 e. The molecule has 0 radical (unpaired) electrons. The topological polar surface area (TPSA) is 110 Å². The Morgan fingerprint density at radius 2 is 2.04 bits per heavy atom. The van der Waals surface area contributed by atoms with E-state index in [4.69, 9.17) is 9.94 Å². The van der Waals surface area contributed by atoms with E-state index in [0.717, 1.165) is 11.3 Å². The van der Waals surface area contributed by atoms with Gasteiger partial charge in [0.2, 0.25) is 0 Å². The SMILES string of the molecule is O=C(NO)c1ccc2c(c1)N(Cc1ccc(-n3cncn3)cc1)C(=O)CO2. The van der Waals surface area contributed by atoms with E-state index in [1.54, 1.807) is 27.5 Å². The highest BCUT2D eigenvalue weighted by Gasteiger charge is 2.26. The van der Waals surface area contributed by atoms with E-state index in [1.165, 1.54) is 18.5 Å². The molecule has 1 aromatic heterocycles. The van der Waals surface area contributed by atoms with Crippen LogP contribution in [0, 0.1) is 0 Å². The fourth-order valence-corrected chi connectivity index (χ4v) is 2.86. The quantitative estimate of drug-likeness (QED) is 0.533. The van der Waals surface area contributed by atoms with E-state index in [2.05, 4.69) is 10.1 Å². The van der Waals surface area contributed by atoms with Crippen molar-refractivity contribution in [1.82, 2.24) is 20.2 Å². The standard InChI is InChI=1S/C18H15N5O4/c24-17-9-27-16-6-3-13(18(25)21-26)7-15(16)22(17)8-12-1-4-14(5-2-12)23-11-19-10-20-23/h1-7,10-11,26H,8-9H2,(H,21,25). The minimum absolute atomic E-state index is 0.0738. The van der Waals surface area contributed by atoms with Crippen LogP contribution in [-0.4, -0.2) is 38.4 Å². The molecule has 1 aliphatic rings. The second kappa shape index (κ2) is 6.89. The first-order valence-corrected chi connectivity index (χ1v) is 8.11. The van der Waals surface area contributed by atoms with Gasteiger partial charge in [-0.15, -0.1) is 0 Å². The average Bonchev–Trinajstić information content (AvgIpc) is 3.24. The molecule has 136 valence electrons. The van der Waals surface area contributed by atoms with Crippen LogP contribution in [-0.2, 0) is 11.3 Å². The number of ether oxygens (including phenoxy) is 1. The zero-order valence-electron chi connectivity index (χ0n) is 14.1. The molecule has 0 saturated heterocycles. The zero-order valence-corrected chi connectivity index (χ0v) is 14.1. The second-order valence-electron chi connectivity index (χ2n) is 5.90. The van der Waals surface area contributed by atoms with Crippen LogP contribution >= 0.6 is 0 Å². The number of hydrogen-bond donors (Lipinski definition) is 2. The Kier molecular flexibility index (Phi) is 4.27. The normalized spacial score (nSPS) is 13.1. The number of rotatable bonds is 4. The van der Waals surface area contributed by atoms with Crippen molar-refractivity contribution in [1.29, 1.82) is 0 Å². The molecule has 9 heteroatoms. The summed E-state index contributed by atoms with van der Waals surface area (Å²) < 4.78 is 7.07. The average molecular weight is 365 g/mol. The van der Waals surface area contributed by atoms with Gasteiger partial charge in [0.25, 0.3) is 11.8 Å². The van der Waals surface area contributed by atoms with Crippen LogP contribution in [0.15, 0.2) is 55.1 Å². The third kappa shape index (κ3) is 3.23. The summed E-state index contributed by atoms with van der Waals surface area (Å²) in [5, 5.41) is 12.9. The zero-order chi connectivity index (χ0) is 18.8. The van der Waals surface area contributed by atoms with Gasteiger partial charge >= 0.3 is 0 Å². The van der Waals surface area contributed by atoms with Crippen molar-refractivity contribution in [3.8, 4) is 11.4 Å². The van der Waals surface area contributed by atoms with Crippen LogP contribution in [0.2, 0.25) is 0 Å². The van der Waals surface area contributed by atoms with Gasteiger partial charge in [0.15, 0.2) is 6.61 Å². The van der Waals surface area contributed by atoms with Crippen molar-refractivity contribution in [2.24, 2.45) is 0 Å². The number of amides is 2. The molecule has 2 amide bonds. The molecule has 1 aliphatic heterocycles. The van der Waals surface area contributed by atoms with Crippen molar-refractivity contribution in [2.75, 3.05) is 11.5 Å². The predicted octanol–water partition coefficient (Wildman–Crippen LogP) is 1.31. The molecule has 0 bridgehead atoms. The van der Waals surface area contributed by atoms with Crippen LogP contribution < -0.4 is 15.1 Å². The van der Waals surface area contributed by atoms with Crippen LogP contribution in [0.1, 0.15) is 15.9 Å². The Morgan fingerprint density at radius 3 is 2.74 bits per heavy atom. The van der Waals surface area contributed by atoms with Gasteiger partial charge in [0, 0.05) is 5.56 Å². The molecule has 4 rings (SSSR count). The van der Waals surface area contributed by atoms with E-state index < -0.39 is 5.91 Å². The van der Waals surface area contributed by atoms with Crippen LogP contribution in [0.3, 0.4) is 0 Å². The first kappa shape index (κ1) is 16.7. The molecule has 27 heavy (non-hydrogen) atoms. The van der Waals surface area contributed by atoms with Crippen LogP contribution in [0.4, 0.5) is 5.69 Å². The van der Waals surface area contributed by atoms with E-state index >= 15 is 0 Å². The molecular weight excluding hydrogens is 350 g/mol. The Balaban J connectivity index is 1.62. The summed E-state index contributed by atoms with van der Waals surface area (Å²) in [7, 11) is 0. The van der Waals surface area contributed by atoms with E-state index in [-0.39, 0.29) is 18.1 Å². The summed E-state index contributed by atoms with van der Waals surface area (Å²) in [6.07, 6.45) is 3.06. The van der Waals surface area contributed by atoms with Gasteiger partial charge in [0.05, 0.1) is 17.9 Å². The van der Waals surface area contributed by atoms with Crippen molar-refractivity contribution in [3.05, 3.63) is 66.2 Å². The number of hydrogen-bond acceptors (Lipinski definition) is 6. The highest BCUT2D eigenvalue weighted by Crippen LogP contribution is 2.34. The molecule has 0 saturated carbocycles. The summed E-state index contributed by atoms with van der Waals surface area (Å²) in [6.45, 7) is 0.243. The van der Waals surface area contributed by atoms with Crippen LogP contribution in [0.5, 0.6) is 5.75 Å². The lowest BCUT2D eigenvalue weighted by Crippen LogP contribution is -2.38. The molecule has 0 fully saturated rings. The fourth-order valence-electron chi connectivity index (χ4n) is 2.86. The van der Waals surface area contributed by atoms with Gasteiger partial charge in [-0.2, -0.15) is 5.10 Å². The van der Waals surface area contributed by atoms with E-state index in [0.29, 0.717) is 18.0 Å². The first-order chi connectivity index (χ1) is 13.2. The van der Waals surface area contributed by atoms with Gasteiger partial charge < -0.3 is 9.64 Å². The smallest absolute Gasteiger partial charge is 0.274 e. The predicted molar refractivity (Wildman–Crippen MR) is 93.7 cm³/mol. The number of carbonyl (C=O) groups excluding carboxylic acids is 2. The fraction of sp³-hybridized carbons (Fsp3) is 0.111. The summed E-state index contributed by atoms with van der Waals surface area (Å²) in [5.74, 6) is -0.374.